The molecule has 0 saturated heterocycles. The molecular formula is C14H19N3O4. The van der Waals surface area contributed by atoms with E-state index >= 15 is 0 Å². The van der Waals surface area contributed by atoms with Crippen LogP contribution >= 0.6 is 0 Å². The number of hydrogen-bond donors (Lipinski definition) is 4. The highest BCUT2D eigenvalue weighted by atomic mass is 16.5. The Bertz CT molecular complexity index is 542. The molecule has 1 heterocycles. The number of methoxy groups -OCH3 is 2. The van der Waals surface area contributed by atoms with E-state index in [0.29, 0.717) is 23.1 Å². The van der Waals surface area contributed by atoms with Gasteiger partial charge in [0.05, 0.1) is 25.6 Å². The first kappa shape index (κ1) is 16.2. The van der Waals surface area contributed by atoms with Gasteiger partial charge in [-0.05, 0) is 30.7 Å². The smallest absolute Gasteiger partial charge is 0.240 e. The standard InChI is InChI=1S/C7H11N3O2.C7H8O2/c1-11-6-4(8)3-5(9)7(10-6)12-2;1-5-2-6(8)4-7(9)3-5/h3H,8-9H2,1-2H3;2-4,8-9H,1H3. The molecule has 7 nitrogen and oxygen atoms in total. The minimum atomic E-state index is 0.104. The fourth-order valence-electron chi connectivity index (χ4n) is 1.58. The maximum Gasteiger partial charge on any atom is 0.240 e. The lowest BCUT2D eigenvalue weighted by molar-refractivity contribution is 0.368. The summed E-state index contributed by atoms with van der Waals surface area (Å²) in [6.45, 7) is 1.80. The number of nitrogens with zero attached hydrogens (tertiary/aromatic N) is 1. The minimum Gasteiger partial charge on any atom is -0.508 e. The maximum atomic E-state index is 8.83. The van der Waals surface area contributed by atoms with Crippen molar-refractivity contribution in [3.63, 3.8) is 0 Å². The van der Waals surface area contributed by atoms with Crippen molar-refractivity contribution in [2.24, 2.45) is 0 Å². The van der Waals surface area contributed by atoms with E-state index < -0.39 is 0 Å². The summed E-state index contributed by atoms with van der Waals surface area (Å²) < 4.78 is 9.74. The first-order chi connectivity index (χ1) is 9.87. The van der Waals surface area contributed by atoms with Crippen molar-refractivity contribution >= 4 is 11.4 Å². The van der Waals surface area contributed by atoms with Crippen LogP contribution in [0.3, 0.4) is 0 Å². The first-order valence-corrected chi connectivity index (χ1v) is 6.01. The molecular weight excluding hydrogens is 274 g/mol. The van der Waals surface area contributed by atoms with Gasteiger partial charge >= 0.3 is 0 Å². The number of nitrogens with two attached hydrogens (primary N) is 2. The summed E-state index contributed by atoms with van der Waals surface area (Å²) in [5, 5.41) is 17.7. The Morgan fingerprint density at radius 2 is 1.29 bits per heavy atom. The third-order valence-corrected chi connectivity index (χ3v) is 2.44. The van der Waals surface area contributed by atoms with Crippen LogP contribution < -0.4 is 20.9 Å². The van der Waals surface area contributed by atoms with Crippen molar-refractivity contribution in [3.8, 4) is 23.3 Å². The van der Waals surface area contributed by atoms with Gasteiger partial charge in [0, 0.05) is 6.07 Å². The summed E-state index contributed by atoms with van der Waals surface area (Å²) in [5.74, 6) is 0.849. The summed E-state index contributed by atoms with van der Waals surface area (Å²) in [7, 11) is 2.96. The normalized spacial score (nSPS) is 9.48. The number of ether oxygens (including phenoxy) is 2. The zero-order valence-electron chi connectivity index (χ0n) is 12.1. The van der Waals surface area contributed by atoms with Gasteiger partial charge < -0.3 is 31.2 Å². The number of hydrogen-bond acceptors (Lipinski definition) is 7. The van der Waals surface area contributed by atoms with Crippen molar-refractivity contribution < 1.29 is 19.7 Å². The van der Waals surface area contributed by atoms with Crippen molar-refractivity contribution in [3.05, 3.63) is 29.8 Å². The lowest BCUT2D eigenvalue weighted by atomic mass is 10.2. The van der Waals surface area contributed by atoms with Gasteiger partial charge in [-0.3, -0.25) is 0 Å². The van der Waals surface area contributed by atoms with E-state index in [2.05, 4.69) is 4.98 Å². The zero-order valence-corrected chi connectivity index (χ0v) is 12.1. The van der Waals surface area contributed by atoms with Gasteiger partial charge in [-0.1, -0.05) is 0 Å². The molecule has 21 heavy (non-hydrogen) atoms. The number of pyridine rings is 1. The van der Waals surface area contributed by atoms with Crippen LogP contribution in [0.1, 0.15) is 5.56 Å². The summed E-state index contributed by atoms with van der Waals surface area (Å²) in [5.41, 5.74) is 12.7. The van der Waals surface area contributed by atoms with Crippen LogP contribution in [0.5, 0.6) is 23.3 Å². The molecule has 0 fully saturated rings. The van der Waals surface area contributed by atoms with Gasteiger partial charge in [-0.15, -0.1) is 0 Å². The van der Waals surface area contributed by atoms with E-state index in [-0.39, 0.29) is 11.5 Å². The fourth-order valence-corrected chi connectivity index (χ4v) is 1.58. The number of aryl methyl sites for hydroxylation is 1. The second kappa shape index (κ2) is 7.09. The Labute approximate surface area is 122 Å². The second-order valence-corrected chi connectivity index (χ2v) is 4.21. The highest BCUT2D eigenvalue weighted by molar-refractivity contribution is 5.62. The van der Waals surface area contributed by atoms with Gasteiger partial charge in [0.1, 0.15) is 11.5 Å². The molecule has 0 aliphatic rings. The average Bonchev–Trinajstić information content (AvgIpc) is 2.38. The van der Waals surface area contributed by atoms with Crippen molar-refractivity contribution in [2.45, 2.75) is 6.92 Å². The predicted molar refractivity (Wildman–Crippen MR) is 80.7 cm³/mol. The largest absolute Gasteiger partial charge is 0.508 e. The van der Waals surface area contributed by atoms with Gasteiger partial charge in [-0.25, -0.2) is 0 Å². The molecule has 0 bridgehead atoms. The monoisotopic (exact) mass is 293 g/mol. The van der Waals surface area contributed by atoms with Crippen LogP contribution in [-0.4, -0.2) is 29.4 Å². The van der Waals surface area contributed by atoms with Gasteiger partial charge in [0.15, 0.2) is 0 Å². The molecule has 0 amide bonds. The Kier molecular flexibility index (Phi) is 5.48. The molecule has 0 aliphatic carbocycles. The Morgan fingerprint density at radius 3 is 1.62 bits per heavy atom. The first-order valence-electron chi connectivity index (χ1n) is 6.01. The van der Waals surface area contributed by atoms with Crippen molar-refractivity contribution in [1.82, 2.24) is 4.98 Å². The topological polar surface area (TPSA) is 124 Å². The molecule has 0 unspecified atom stereocenters. The van der Waals surface area contributed by atoms with Crippen LogP contribution in [0, 0.1) is 6.92 Å². The second-order valence-electron chi connectivity index (χ2n) is 4.21. The summed E-state index contributed by atoms with van der Waals surface area (Å²) in [6.07, 6.45) is 0. The molecule has 0 aliphatic heterocycles. The molecule has 2 rings (SSSR count). The fraction of sp³-hybridized carbons (Fsp3) is 0.214. The summed E-state index contributed by atoms with van der Waals surface area (Å²) in [6, 6.07) is 6.01. The van der Waals surface area contributed by atoms with Crippen LogP contribution in [0.4, 0.5) is 11.4 Å². The van der Waals surface area contributed by atoms with E-state index in [1.54, 1.807) is 25.1 Å². The molecule has 7 heteroatoms. The number of aromatic hydroxyl groups is 2. The lowest BCUT2D eigenvalue weighted by Crippen LogP contribution is -2.01. The van der Waals surface area contributed by atoms with E-state index in [1.165, 1.54) is 20.3 Å². The summed E-state index contributed by atoms with van der Waals surface area (Å²) in [4.78, 5) is 3.91. The van der Waals surface area contributed by atoms with Crippen LogP contribution in [0.25, 0.3) is 0 Å². The molecule has 0 saturated carbocycles. The van der Waals surface area contributed by atoms with Crippen LogP contribution in [-0.2, 0) is 0 Å². The number of nitrogen functional groups attached to an aromatic ring is 2. The highest BCUT2D eigenvalue weighted by Gasteiger charge is 2.07. The maximum absolute atomic E-state index is 8.83. The Hall–Kier alpha value is -2.83. The highest BCUT2D eigenvalue weighted by Crippen LogP contribution is 2.27. The van der Waals surface area contributed by atoms with E-state index in [9.17, 15) is 0 Å². The van der Waals surface area contributed by atoms with E-state index in [0.717, 1.165) is 5.56 Å². The molecule has 2 aromatic rings. The lowest BCUT2D eigenvalue weighted by Gasteiger charge is -2.07. The molecule has 1 aromatic carbocycles. The number of rotatable bonds is 2. The average molecular weight is 293 g/mol. The third kappa shape index (κ3) is 4.64. The number of phenolic OH excluding ortho intramolecular Hbond substituents is 2. The molecule has 0 radical (unpaired) electrons. The molecule has 1 aromatic heterocycles. The third-order valence-electron chi connectivity index (χ3n) is 2.44. The van der Waals surface area contributed by atoms with Gasteiger partial charge in [0.2, 0.25) is 11.8 Å². The molecule has 0 atom stereocenters. The summed E-state index contributed by atoms with van der Waals surface area (Å²) >= 11 is 0. The van der Waals surface area contributed by atoms with Crippen LogP contribution in [0.2, 0.25) is 0 Å². The molecule has 0 spiro atoms. The minimum absolute atomic E-state index is 0.104. The molecule has 6 N–H and O–H groups in total. The van der Waals surface area contributed by atoms with Crippen molar-refractivity contribution in [1.29, 1.82) is 0 Å². The van der Waals surface area contributed by atoms with Gasteiger partial charge in [-0.2, -0.15) is 4.98 Å². The van der Waals surface area contributed by atoms with E-state index in [4.69, 9.17) is 31.2 Å². The number of phenols is 2. The Morgan fingerprint density at radius 1 is 0.857 bits per heavy atom. The van der Waals surface area contributed by atoms with Crippen molar-refractivity contribution in [2.75, 3.05) is 25.7 Å². The van der Waals surface area contributed by atoms with Crippen LogP contribution in [0.15, 0.2) is 24.3 Å². The SMILES string of the molecule is COc1nc(OC)c(N)cc1N.Cc1cc(O)cc(O)c1. The van der Waals surface area contributed by atoms with Gasteiger partial charge in [0.25, 0.3) is 0 Å². The molecule has 114 valence electrons. The number of anilines is 2. The number of benzene rings is 1. The predicted octanol–water partition coefficient (Wildman–Crippen LogP) is 1.67. The van der Waals surface area contributed by atoms with E-state index in [1.807, 2.05) is 0 Å². The Balaban J connectivity index is 0.000000219. The zero-order chi connectivity index (χ0) is 16.0. The quantitative estimate of drug-likeness (QED) is 0.663. The number of aromatic nitrogens is 1.